The smallest absolute Gasteiger partial charge is 0.123 e. The standard InChI is InChI=1S/C17H20FN/c1-14(19-13-16-5-3-2-4-6-16)7-8-15-9-11-17(18)12-10-15/h2-6,9-12,14,19H,7-8,13H2,1H3. The van der Waals surface area contributed by atoms with Crippen molar-refractivity contribution in [2.45, 2.75) is 32.4 Å². The van der Waals surface area contributed by atoms with Gasteiger partial charge in [0, 0.05) is 12.6 Å². The third-order valence-corrected chi connectivity index (χ3v) is 3.28. The summed E-state index contributed by atoms with van der Waals surface area (Å²) in [5.41, 5.74) is 2.49. The van der Waals surface area contributed by atoms with Gasteiger partial charge in [0.15, 0.2) is 0 Å². The van der Waals surface area contributed by atoms with Gasteiger partial charge in [-0.15, -0.1) is 0 Å². The zero-order chi connectivity index (χ0) is 13.5. The van der Waals surface area contributed by atoms with Gasteiger partial charge < -0.3 is 5.32 Å². The highest BCUT2D eigenvalue weighted by molar-refractivity contribution is 5.16. The number of aryl methyl sites for hydroxylation is 1. The van der Waals surface area contributed by atoms with Crippen molar-refractivity contribution in [1.29, 1.82) is 0 Å². The molecule has 2 aromatic carbocycles. The van der Waals surface area contributed by atoms with Crippen LogP contribution in [-0.2, 0) is 13.0 Å². The van der Waals surface area contributed by atoms with Crippen molar-refractivity contribution in [2.24, 2.45) is 0 Å². The maximum Gasteiger partial charge on any atom is 0.123 e. The average molecular weight is 257 g/mol. The fraction of sp³-hybridized carbons (Fsp3) is 0.294. The Morgan fingerprint density at radius 1 is 0.947 bits per heavy atom. The number of hydrogen-bond donors (Lipinski definition) is 1. The van der Waals surface area contributed by atoms with Crippen LogP contribution in [0.15, 0.2) is 54.6 Å². The van der Waals surface area contributed by atoms with E-state index in [4.69, 9.17) is 0 Å². The number of hydrogen-bond acceptors (Lipinski definition) is 1. The molecule has 0 aromatic heterocycles. The molecule has 0 bridgehead atoms. The molecule has 0 aliphatic carbocycles. The van der Waals surface area contributed by atoms with E-state index in [9.17, 15) is 4.39 Å². The van der Waals surface area contributed by atoms with E-state index in [2.05, 4.69) is 36.5 Å². The molecule has 19 heavy (non-hydrogen) atoms. The van der Waals surface area contributed by atoms with Crippen LogP contribution in [0.4, 0.5) is 4.39 Å². The molecular weight excluding hydrogens is 237 g/mol. The van der Waals surface area contributed by atoms with Gasteiger partial charge in [0.1, 0.15) is 5.82 Å². The number of nitrogens with one attached hydrogen (secondary N) is 1. The molecule has 1 atom stereocenters. The fourth-order valence-corrected chi connectivity index (χ4v) is 2.02. The zero-order valence-electron chi connectivity index (χ0n) is 11.3. The van der Waals surface area contributed by atoms with Gasteiger partial charge in [0.2, 0.25) is 0 Å². The maximum absolute atomic E-state index is 12.8. The SMILES string of the molecule is CC(CCc1ccc(F)cc1)NCc1ccccc1. The van der Waals surface area contributed by atoms with Crippen molar-refractivity contribution >= 4 is 0 Å². The molecule has 2 heteroatoms. The molecule has 0 amide bonds. The van der Waals surface area contributed by atoms with Crippen LogP contribution in [0.2, 0.25) is 0 Å². The van der Waals surface area contributed by atoms with Gasteiger partial charge in [-0.2, -0.15) is 0 Å². The van der Waals surface area contributed by atoms with E-state index < -0.39 is 0 Å². The van der Waals surface area contributed by atoms with E-state index in [-0.39, 0.29) is 5.82 Å². The molecular formula is C17H20FN. The van der Waals surface area contributed by atoms with Crippen LogP contribution < -0.4 is 5.32 Å². The van der Waals surface area contributed by atoms with Gasteiger partial charge in [0.25, 0.3) is 0 Å². The first-order valence-electron chi connectivity index (χ1n) is 6.76. The molecule has 0 spiro atoms. The summed E-state index contributed by atoms with van der Waals surface area (Å²) in [7, 11) is 0. The maximum atomic E-state index is 12.8. The third-order valence-electron chi connectivity index (χ3n) is 3.28. The summed E-state index contributed by atoms with van der Waals surface area (Å²) in [5.74, 6) is -0.168. The molecule has 0 fully saturated rings. The molecule has 1 N–H and O–H groups in total. The number of halogens is 1. The molecule has 0 aliphatic rings. The normalized spacial score (nSPS) is 12.3. The topological polar surface area (TPSA) is 12.0 Å². The van der Waals surface area contributed by atoms with Crippen LogP contribution in [0.25, 0.3) is 0 Å². The van der Waals surface area contributed by atoms with Crippen molar-refractivity contribution in [3.63, 3.8) is 0 Å². The Bertz CT molecular complexity index is 478. The van der Waals surface area contributed by atoms with Crippen LogP contribution in [0.1, 0.15) is 24.5 Å². The lowest BCUT2D eigenvalue weighted by Gasteiger charge is -2.13. The summed E-state index contributed by atoms with van der Waals surface area (Å²) in [5, 5.41) is 3.51. The van der Waals surface area contributed by atoms with Crippen LogP contribution in [0.5, 0.6) is 0 Å². The van der Waals surface area contributed by atoms with Crippen molar-refractivity contribution in [3.05, 3.63) is 71.5 Å². The first-order valence-corrected chi connectivity index (χ1v) is 6.76. The van der Waals surface area contributed by atoms with E-state index in [0.717, 1.165) is 19.4 Å². The van der Waals surface area contributed by atoms with Crippen molar-refractivity contribution in [3.8, 4) is 0 Å². The second-order valence-corrected chi connectivity index (χ2v) is 4.93. The molecule has 2 aromatic rings. The lowest BCUT2D eigenvalue weighted by atomic mass is 10.1. The van der Waals surface area contributed by atoms with Crippen molar-refractivity contribution < 1.29 is 4.39 Å². The summed E-state index contributed by atoms with van der Waals surface area (Å²) >= 11 is 0. The Morgan fingerprint density at radius 2 is 1.63 bits per heavy atom. The van der Waals surface area contributed by atoms with E-state index in [0.29, 0.717) is 6.04 Å². The largest absolute Gasteiger partial charge is 0.310 e. The molecule has 1 unspecified atom stereocenters. The molecule has 0 radical (unpaired) electrons. The summed E-state index contributed by atoms with van der Waals surface area (Å²) in [6.45, 7) is 3.08. The van der Waals surface area contributed by atoms with Gasteiger partial charge in [0.05, 0.1) is 0 Å². The highest BCUT2D eigenvalue weighted by atomic mass is 19.1. The number of rotatable bonds is 6. The van der Waals surface area contributed by atoms with E-state index in [1.54, 1.807) is 0 Å². The molecule has 2 rings (SSSR count). The highest BCUT2D eigenvalue weighted by Crippen LogP contribution is 2.07. The molecule has 0 saturated heterocycles. The van der Waals surface area contributed by atoms with Crippen LogP contribution in [0, 0.1) is 5.82 Å². The summed E-state index contributed by atoms with van der Waals surface area (Å²) < 4.78 is 12.8. The molecule has 0 heterocycles. The second kappa shape index (κ2) is 7.05. The minimum atomic E-state index is -0.168. The zero-order valence-corrected chi connectivity index (χ0v) is 11.3. The summed E-state index contributed by atoms with van der Waals surface area (Å²) in [6.07, 6.45) is 2.03. The molecule has 1 nitrogen and oxygen atoms in total. The van der Waals surface area contributed by atoms with Gasteiger partial charge >= 0.3 is 0 Å². The Hall–Kier alpha value is -1.67. The average Bonchev–Trinajstić information content (AvgIpc) is 2.45. The first-order chi connectivity index (χ1) is 9.24. The van der Waals surface area contributed by atoms with Gasteiger partial charge in [-0.05, 0) is 43.0 Å². The predicted molar refractivity (Wildman–Crippen MR) is 77.5 cm³/mol. The Balaban J connectivity index is 1.72. The van der Waals surface area contributed by atoms with E-state index >= 15 is 0 Å². The van der Waals surface area contributed by atoms with Gasteiger partial charge in [-0.1, -0.05) is 42.5 Å². The van der Waals surface area contributed by atoms with Gasteiger partial charge in [-0.3, -0.25) is 0 Å². The lowest BCUT2D eigenvalue weighted by Crippen LogP contribution is -2.25. The van der Waals surface area contributed by atoms with Crippen molar-refractivity contribution in [2.75, 3.05) is 0 Å². The Morgan fingerprint density at radius 3 is 2.32 bits per heavy atom. The van der Waals surface area contributed by atoms with Crippen LogP contribution in [0.3, 0.4) is 0 Å². The van der Waals surface area contributed by atoms with Crippen molar-refractivity contribution in [1.82, 2.24) is 5.32 Å². The summed E-state index contributed by atoms with van der Waals surface area (Å²) in [4.78, 5) is 0. The minimum Gasteiger partial charge on any atom is -0.310 e. The monoisotopic (exact) mass is 257 g/mol. The van der Waals surface area contributed by atoms with E-state index in [1.165, 1.54) is 23.3 Å². The number of benzene rings is 2. The predicted octanol–water partition coefficient (Wildman–Crippen LogP) is 3.94. The Labute approximate surface area is 114 Å². The van der Waals surface area contributed by atoms with Crippen LogP contribution >= 0.6 is 0 Å². The Kier molecular flexibility index (Phi) is 5.10. The second-order valence-electron chi connectivity index (χ2n) is 4.93. The molecule has 100 valence electrons. The minimum absolute atomic E-state index is 0.168. The highest BCUT2D eigenvalue weighted by Gasteiger charge is 2.02. The molecule has 0 saturated carbocycles. The third kappa shape index (κ3) is 4.84. The van der Waals surface area contributed by atoms with Gasteiger partial charge in [-0.25, -0.2) is 4.39 Å². The lowest BCUT2D eigenvalue weighted by molar-refractivity contribution is 0.514. The quantitative estimate of drug-likeness (QED) is 0.826. The summed E-state index contributed by atoms with van der Waals surface area (Å²) in [6, 6.07) is 17.6. The van der Waals surface area contributed by atoms with E-state index in [1.807, 2.05) is 18.2 Å². The van der Waals surface area contributed by atoms with Crippen LogP contribution in [-0.4, -0.2) is 6.04 Å². The first kappa shape index (κ1) is 13.8. The fourth-order valence-electron chi connectivity index (χ4n) is 2.02. The molecule has 0 aliphatic heterocycles.